The van der Waals surface area contributed by atoms with E-state index in [-0.39, 0.29) is 0 Å². The highest BCUT2D eigenvalue weighted by molar-refractivity contribution is 9.10. The van der Waals surface area contributed by atoms with Crippen molar-refractivity contribution in [3.8, 4) is 5.69 Å². The second-order valence-corrected chi connectivity index (χ2v) is 7.40. The molecule has 0 fully saturated rings. The van der Waals surface area contributed by atoms with Gasteiger partial charge in [0.1, 0.15) is 5.69 Å². The number of halogens is 2. The molecule has 0 bridgehead atoms. The highest BCUT2D eigenvalue weighted by Crippen LogP contribution is 2.24. The Kier molecular flexibility index (Phi) is 4.90. The first-order chi connectivity index (χ1) is 12.6. The number of thiol groups is 1. The Morgan fingerprint density at radius 2 is 1.88 bits per heavy atom. The Labute approximate surface area is 169 Å². The summed E-state index contributed by atoms with van der Waals surface area (Å²) in [7, 11) is 0. The first kappa shape index (κ1) is 17.4. The van der Waals surface area contributed by atoms with Gasteiger partial charge in [-0.3, -0.25) is 5.01 Å². The molecule has 0 saturated carbocycles. The van der Waals surface area contributed by atoms with Crippen LogP contribution in [0.25, 0.3) is 5.69 Å². The SMILES string of the molecule is Sc1cc(C2=NNNN2Cc2ccc(Br)cc2)nn1-c1ccccc1Cl. The highest BCUT2D eigenvalue weighted by atomic mass is 79.9. The molecule has 0 atom stereocenters. The van der Waals surface area contributed by atoms with Crippen molar-refractivity contribution < 1.29 is 0 Å². The van der Waals surface area contributed by atoms with Gasteiger partial charge in [0.2, 0.25) is 0 Å². The van der Waals surface area contributed by atoms with E-state index in [0.29, 0.717) is 28.1 Å². The lowest BCUT2D eigenvalue weighted by Crippen LogP contribution is -2.40. The fourth-order valence-electron chi connectivity index (χ4n) is 2.62. The molecule has 2 N–H and O–H groups in total. The molecule has 2 heterocycles. The van der Waals surface area contributed by atoms with Gasteiger partial charge < -0.3 is 0 Å². The number of nitrogens with zero attached hydrogens (tertiary/aromatic N) is 4. The van der Waals surface area contributed by atoms with Crippen LogP contribution in [0.2, 0.25) is 5.02 Å². The van der Waals surface area contributed by atoms with Crippen molar-refractivity contribution in [3.63, 3.8) is 0 Å². The average Bonchev–Trinajstić information content (AvgIpc) is 3.24. The lowest BCUT2D eigenvalue weighted by Gasteiger charge is -2.17. The third-order valence-corrected chi connectivity index (χ3v) is 5.02. The summed E-state index contributed by atoms with van der Waals surface area (Å²) in [4.78, 5) is 0. The number of amidine groups is 1. The maximum Gasteiger partial charge on any atom is 0.193 e. The van der Waals surface area contributed by atoms with Crippen molar-refractivity contribution >= 4 is 46.0 Å². The maximum atomic E-state index is 6.28. The average molecular weight is 450 g/mol. The van der Waals surface area contributed by atoms with Crippen molar-refractivity contribution in [2.75, 3.05) is 0 Å². The van der Waals surface area contributed by atoms with Gasteiger partial charge >= 0.3 is 0 Å². The number of hydrogen-bond acceptors (Lipinski definition) is 6. The van der Waals surface area contributed by atoms with Crippen LogP contribution in [0.15, 0.2) is 69.2 Å². The summed E-state index contributed by atoms with van der Waals surface area (Å²) >= 11 is 14.3. The molecule has 9 heteroatoms. The van der Waals surface area contributed by atoms with Crippen LogP contribution in [0.1, 0.15) is 11.3 Å². The zero-order valence-corrected chi connectivity index (χ0v) is 16.6. The highest BCUT2D eigenvalue weighted by Gasteiger charge is 2.23. The van der Waals surface area contributed by atoms with E-state index < -0.39 is 0 Å². The molecule has 132 valence electrons. The molecule has 3 aromatic rings. The second-order valence-electron chi connectivity index (χ2n) is 5.62. The molecule has 4 rings (SSSR count). The Bertz CT molecular complexity index is 972. The Morgan fingerprint density at radius 1 is 1.12 bits per heavy atom. The molecule has 0 spiro atoms. The van der Waals surface area contributed by atoms with Gasteiger partial charge in [-0.05, 0) is 29.8 Å². The van der Waals surface area contributed by atoms with Crippen molar-refractivity contribution in [1.29, 1.82) is 0 Å². The molecule has 0 unspecified atom stereocenters. The van der Waals surface area contributed by atoms with Gasteiger partial charge in [-0.15, -0.1) is 23.3 Å². The second kappa shape index (κ2) is 7.32. The smallest absolute Gasteiger partial charge is 0.193 e. The van der Waals surface area contributed by atoms with E-state index in [1.54, 1.807) is 4.68 Å². The summed E-state index contributed by atoms with van der Waals surface area (Å²) in [6.07, 6.45) is 0. The van der Waals surface area contributed by atoms with Gasteiger partial charge in [0, 0.05) is 10.5 Å². The Balaban J connectivity index is 1.62. The van der Waals surface area contributed by atoms with Crippen molar-refractivity contribution in [3.05, 3.63) is 75.4 Å². The summed E-state index contributed by atoms with van der Waals surface area (Å²) < 4.78 is 2.74. The molecule has 6 nitrogen and oxygen atoms in total. The summed E-state index contributed by atoms with van der Waals surface area (Å²) in [6, 6.07) is 17.5. The number of rotatable bonds is 4. The minimum Gasteiger partial charge on any atom is -0.265 e. The number of hydrogen-bond donors (Lipinski definition) is 3. The number of hydrazine groups is 2. The van der Waals surface area contributed by atoms with Crippen LogP contribution in [0.5, 0.6) is 0 Å². The van der Waals surface area contributed by atoms with E-state index in [0.717, 1.165) is 15.7 Å². The third-order valence-electron chi connectivity index (χ3n) is 3.86. The van der Waals surface area contributed by atoms with Gasteiger partial charge in [0.25, 0.3) is 0 Å². The summed E-state index contributed by atoms with van der Waals surface area (Å²) in [5, 5.41) is 12.1. The zero-order valence-electron chi connectivity index (χ0n) is 13.4. The van der Waals surface area contributed by atoms with E-state index in [2.05, 4.69) is 49.8 Å². The van der Waals surface area contributed by atoms with E-state index >= 15 is 0 Å². The zero-order chi connectivity index (χ0) is 18.1. The molecule has 1 aliphatic heterocycles. The third kappa shape index (κ3) is 3.45. The van der Waals surface area contributed by atoms with Gasteiger partial charge in [0.15, 0.2) is 5.84 Å². The van der Waals surface area contributed by atoms with Crippen molar-refractivity contribution in [2.45, 2.75) is 11.6 Å². The van der Waals surface area contributed by atoms with Crippen LogP contribution >= 0.6 is 40.2 Å². The van der Waals surface area contributed by atoms with Crippen LogP contribution < -0.4 is 11.1 Å². The molecule has 2 aromatic carbocycles. The topological polar surface area (TPSA) is 57.5 Å². The molecule has 0 radical (unpaired) electrons. The van der Waals surface area contributed by atoms with E-state index in [9.17, 15) is 0 Å². The Morgan fingerprint density at radius 3 is 2.65 bits per heavy atom. The first-order valence-electron chi connectivity index (χ1n) is 7.76. The summed E-state index contributed by atoms with van der Waals surface area (Å²) in [5.74, 6) is 0.675. The first-order valence-corrected chi connectivity index (χ1v) is 9.38. The summed E-state index contributed by atoms with van der Waals surface area (Å²) in [6.45, 7) is 0.625. The molecule has 1 aliphatic rings. The maximum absolute atomic E-state index is 6.28. The molecule has 0 saturated heterocycles. The van der Waals surface area contributed by atoms with Crippen LogP contribution in [0, 0.1) is 0 Å². The van der Waals surface area contributed by atoms with Crippen molar-refractivity contribution in [2.24, 2.45) is 5.10 Å². The number of hydrazone groups is 1. The molecular weight excluding hydrogens is 436 g/mol. The number of nitrogens with one attached hydrogen (secondary N) is 2. The minimum absolute atomic E-state index is 0.605. The number of para-hydroxylation sites is 1. The fraction of sp³-hybridized carbons (Fsp3) is 0.0588. The van der Waals surface area contributed by atoms with Gasteiger partial charge in [-0.25, -0.2) is 10.2 Å². The van der Waals surface area contributed by atoms with Crippen LogP contribution in [-0.4, -0.2) is 20.6 Å². The van der Waals surface area contributed by atoms with Crippen LogP contribution in [-0.2, 0) is 6.54 Å². The van der Waals surface area contributed by atoms with Gasteiger partial charge in [-0.1, -0.05) is 51.8 Å². The molecule has 26 heavy (non-hydrogen) atoms. The Hall–Kier alpha value is -2.00. The van der Waals surface area contributed by atoms with E-state index in [1.165, 1.54) is 0 Å². The quantitative estimate of drug-likeness (QED) is 0.531. The van der Waals surface area contributed by atoms with Crippen LogP contribution in [0.3, 0.4) is 0 Å². The lowest BCUT2D eigenvalue weighted by molar-refractivity contribution is 0.287. The monoisotopic (exact) mass is 448 g/mol. The van der Waals surface area contributed by atoms with E-state index in [1.807, 2.05) is 59.6 Å². The predicted molar refractivity (Wildman–Crippen MR) is 108 cm³/mol. The van der Waals surface area contributed by atoms with Crippen LogP contribution in [0.4, 0.5) is 0 Å². The number of benzene rings is 2. The summed E-state index contributed by atoms with van der Waals surface area (Å²) in [5.41, 5.74) is 8.39. The lowest BCUT2D eigenvalue weighted by atomic mass is 10.2. The van der Waals surface area contributed by atoms with E-state index in [4.69, 9.17) is 11.6 Å². The molecule has 0 amide bonds. The standard InChI is InChI=1S/C17H14BrClN6S/c18-12-7-5-11(6-8-12)10-24-17(20-22-23-24)14-9-16(26)25(21-14)15-4-2-1-3-13(15)19/h1-9,22-23,26H,10H2. The molecule has 0 aliphatic carbocycles. The number of aromatic nitrogens is 2. The largest absolute Gasteiger partial charge is 0.265 e. The van der Waals surface area contributed by atoms with Gasteiger partial charge in [0.05, 0.1) is 22.3 Å². The molecular formula is C17H14BrClN6S. The normalized spacial score (nSPS) is 13.7. The minimum atomic E-state index is 0.605. The van der Waals surface area contributed by atoms with Gasteiger partial charge in [-0.2, -0.15) is 5.10 Å². The predicted octanol–water partition coefficient (Wildman–Crippen LogP) is 3.76. The van der Waals surface area contributed by atoms with Crippen molar-refractivity contribution in [1.82, 2.24) is 25.9 Å². The fourth-order valence-corrected chi connectivity index (χ4v) is 3.37. The molecule has 1 aromatic heterocycles.